The third-order valence-corrected chi connectivity index (χ3v) is 2.86. The molecule has 1 nitrogen and oxygen atoms in total. The van der Waals surface area contributed by atoms with E-state index in [1.807, 2.05) is 13.8 Å². The summed E-state index contributed by atoms with van der Waals surface area (Å²) in [5.41, 5.74) is 0.378. The molecule has 78 valence electrons. The van der Waals surface area contributed by atoms with Crippen molar-refractivity contribution < 1.29 is 4.39 Å². The number of pyridine rings is 1. The van der Waals surface area contributed by atoms with Crippen LogP contribution in [0.5, 0.6) is 0 Å². The minimum absolute atomic E-state index is 0.0989. The Labute approximate surface area is 93.2 Å². The van der Waals surface area contributed by atoms with Crippen LogP contribution in [-0.4, -0.2) is 10.4 Å². The van der Waals surface area contributed by atoms with Crippen LogP contribution in [0.1, 0.15) is 19.5 Å². The van der Waals surface area contributed by atoms with Gasteiger partial charge in [-0.2, -0.15) is 0 Å². The number of alkyl halides is 1. The maximum absolute atomic E-state index is 13.3. The lowest BCUT2D eigenvalue weighted by atomic mass is 10.1. The number of hydrogen-bond donors (Lipinski definition) is 0. The zero-order chi connectivity index (χ0) is 10.7. The van der Waals surface area contributed by atoms with Gasteiger partial charge in [-0.1, -0.05) is 25.4 Å². The predicted octanol–water partition coefficient (Wildman–Crippen LogP) is 3.68. The van der Waals surface area contributed by atoms with Crippen molar-refractivity contribution in [3.63, 3.8) is 0 Å². The maximum Gasteiger partial charge on any atom is 0.146 e. The average Bonchev–Trinajstić information content (AvgIpc) is 2.09. The van der Waals surface area contributed by atoms with Crippen LogP contribution in [0, 0.1) is 11.7 Å². The van der Waals surface area contributed by atoms with Gasteiger partial charge in [-0.15, -0.1) is 11.6 Å². The summed E-state index contributed by atoms with van der Waals surface area (Å²) in [5, 5.41) is 0.208. The molecule has 0 aliphatic rings. The molecule has 1 atom stereocenters. The molecule has 14 heavy (non-hydrogen) atoms. The molecule has 1 aromatic rings. The van der Waals surface area contributed by atoms with E-state index in [-0.39, 0.29) is 11.2 Å². The van der Waals surface area contributed by atoms with Crippen LogP contribution in [0.4, 0.5) is 4.39 Å². The third kappa shape index (κ3) is 3.10. The Morgan fingerprint density at radius 1 is 1.50 bits per heavy atom. The molecule has 0 aromatic carbocycles. The first-order chi connectivity index (χ1) is 6.50. The van der Waals surface area contributed by atoms with Gasteiger partial charge in [0.25, 0.3) is 0 Å². The Bertz CT molecular complexity index is 315. The summed E-state index contributed by atoms with van der Waals surface area (Å²) >= 11 is 11.6. The molecule has 0 saturated heterocycles. The topological polar surface area (TPSA) is 12.9 Å². The Kier molecular flexibility index (Phi) is 4.14. The SMILES string of the molecule is CC(C)C(Cl)Cc1ncc(Cl)cc1F. The molecular weight excluding hydrogens is 224 g/mol. The number of halogens is 3. The van der Waals surface area contributed by atoms with Crippen molar-refractivity contribution in [2.24, 2.45) is 5.92 Å². The van der Waals surface area contributed by atoms with E-state index in [2.05, 4.69) is 4.98 Å². The molecule has 1 heterocycles. The standard InChI is InChI=1S/C10H12Cl2FN/c1-6(2)8(12)4-10-9(13)3-7(11)5-14-10/h3,5-6,8H,4H2,1-2H3. The van der Waals surface area contributed by atoms with Crippen LogP contribution in [0.25, 0.3) is 0 Å². The first kappa shape index (κ1) is 11.7. The third-order valence-electron chi connectivity index (χ3n) is 2.00. The summed E-state index contributed by atoms with van der Waals surface area (Å²) in [7, 11) is 0. The monoisotopic (exact) mass is 235 g/mol. The largest absolute Gasteiger partial charge is 0.257 e. The number of hydrogen-bond acceptors (Lipinski definition) is 1. The Morgan fingerprint density at radius 2 is 2.14 bits per heavy atom. The first-order valence-corrected chi connectivity index (χ1v) is 5.26. The molecule has 0 N–H and O–H groups in total. The second kappa shape index (κ2) is 4.94. The van der Waals surface area contributed by atoms with Crippen LogP contribution in [-0.2, 0) is 6.42 Å². The van der Waals surface area contributed by atoms with Gasteiger partial charge in [-0.05, 0) is 12.0 Å². The van der Waals surface area contributed by atoms with Gasteiger partial charge in [-0.25, -0.2) is 4.39 Å². The fourth-order valence-electron chi connectivity index (χ4n) is 1.01. The summed E-state index contributed by atoms with van der Waals surface area (Å²) in [4.78, 5) is 3.91. The Balaban J connectivity index is 2.77. The van der Waals surface area contributed by atoms with Crippen LogP contribution in [0.15, 0.2) is 12.3 Å². The molecule has 0 radical (unpaired) electrons. The molecule has 0 aliphatic heterocycles. The minimum atomic E-state index is -0.385. The van der Waals surface area contributed by atoms with Gasteiger partial charge in [-0.3, -0.25) is 4.98 Å². The first-order valence-electron chi connectivity index (χ1n) is 4.44. The molecule has 0 spiro atoms. The number of aromatic nitrogens is 1. The summed E-state index contributed by atoms with van der Waals surface area (Å²) in [6.45, 7) is 3.98. The van der Waals surface area contributed by atoms with Gasteiger partial charge >= 0.3 is 0 Å². The van der Waals surface area contributed by atoms with Gasteiger partial charge in [0, 0.05) is 18.0 Å². The molecule has 4 heteroatoms. The fourth-order valence-corrected chi connectivity index (χ4v) is 1.30. The van der Waals surface area contributed by atoms with Gasteiger partial charge in [0.2, 0.25) is 0 Å². The second-order valence-corrected chi connectivity index (χ2v) is 4.54. The Morgan fingerprint density at radius 3 is 2.64 bits per heavy atom. The van der Waals surface area contributed by atoms with E-state index in [9.17, 15) is 4.39 Å². The predicted molar refractivity (Wildman–Crippen MR) is 57.4 cm³/mol. The molecule has 1 aromatic heterocycles. The normalized spacial score (nSPS) is 13.3. The van der Waals surface area contributed by atoms with Crippen LogP contribution in [0.3, 0.4) is 0 Å². The van der Waals surface area contributed by atoms with Gasteiger partial charge in [0.05, 0.1) is 10.7 Å². The van der Waals surface area contributed by atoms with Crippen LogP contribution >= 0.6 is 23.2 Å². The van der Waals surface area contributed by atoms with E-state index in [0.717, 1.165) is 0 Å². The van der Waals surface area contributed by atoms with Gasteiger partial charge in [0.1, 0.15) is 5.82 Å². The second-order valence-electron chi connectivity index (χ2n) is 3.55. The van der Waals surface area contributed by atoms with Gasteiger partial charge < -0.3 is 0 Å². The van der Waals surface area contributed by atoms with Crippen LogP contribution in [0.2, 0.25) is 5.02 Å². The highest BCUT2D eigenvalue weighted by Crippen LogP contribution is 2.18. The molecule has 1 rings (SSSR count). The summed E-state index contributed by atoms with van der Waals surface area (Å²) in [6.07, 6.45) is 1.87. The molecule has 0 fully saturated rings. The van der Waals surface area contributed by atoms with E-state index in [4.69, 9.17) is 23.2 Å². The summed E-state index contributed by atoms with van der Waals surface area (Å²) in [6, 6.07) is 1.26. The lowest BCUT2D eigenvalue weighted by Crippen LogP contribution is -2.13. The minimum Gasteiger partial charge on any atom is -0.257 e. The maximum atomic E-state index is 13.3. The van der Waals surface area contributed by atoms with E-state index < -0.39 is 0 Å². The van der Waals surface area contributed by atoms with Crippen molar-refractivity contribution in [2.45, 2.75) is 25.6 Å². The molecule has 0 bridgehead atoms. The van der Waals surface area contributed by atoms with E-state index in [1.165, 1.54) is 12.3 Å². The van der Waals surface area contributed by atoms with E-state index in [1.54, 1.807) is 0 Å². The molecular formula is C10H12Cl2FN. The van der Waals surface area contributed by atoms with Crippen LogP contribution < -0.4 is 0 Å². The number of nitrogens with zero attached hydrogens (tertiary/aromatic N) is 1. The van der Waals surface area contributed by atoms with Crippen molar-refractivity contribution in [1.82, 2.24) is 4.98 Å². The van der Waals surface area contributed by atoms with Crippen molar-refractivity contribution in [1.29, 1.82) is 0 Å². The lowest BCUT2D eigenvalue weighted by molar-refractivity contribution is 0.554. The average molecular weight is 236 g/mol. The van der Waals surface area contributed by atoms with Crippen molar-refractivity contribution in [3.8, 4) is 0 Å². The zero-order valence-corrected chi connectivity index (χ0v) is 9.61. The summed E-state index contributed by atoms with van der Waals surface area (Å²) in [5.74, 6) is -0.0858. The highest BCUT2D eigenvalue weighted by atomic mass is 35.5. The lowest BCUT2D eigenvalue weighted by Gasteiger charge is -2.12. The molecule has 1 unspecified atom stereocenters. The van der Waals surface area contributed by atoms with Crippen molar-refractivity contribution in [2.75, 3.05) is 0 Å². The van der Waals surface area contributed by atoms with Gasteiger partial charge in [0.15, 0.2) is 0 Å². The van der Waals surface area contributed by atoms with Crippen molar-refractivity contribution in [3.05, 3.63) is 28.8 Å². The van der Waals surface area contributed by atoms with E-state index in [0.29, 0.717) is 23.1 Å². The highest BCUT2D eigenvalue weighted by molar-refractivity contribution is 6.30. The quantitative estimate of drug-likeness (QED) is 0.729. The fraction of sp³-hybridized carbons (Fsp3) is 0.500. The molecule has 0 saturated carbocycles. The zero-order valence-electron chi connectivity index (χ0n) is 8.10. The summed E-state index contributed by atoms with van der Waals surface area (Å²) < 4.78 is 13.3. The molecule has 0 aliphatic carbocycles. The highest BCUT2D eigenvalue weighted by Gasteiger charge is 2.14. The van der Waals surface area contributed by atoms with E-state index >= 15 is 0 Å². The number of rotatable bonds is 3. The smallest absolute Gasteiger partial charge is 0.146 e. The Hall–Kier alpha value is -0.340. The van der Waals surface area contributed by atoms with Crippen molar-refractivity contribution >= 4 is 23.2 Å². The molecule has 0 amide bonds.